The zero-order valence-corrected chi connectivity index (χ0v) is 7.53. The number of rotatable bonds is 3. The van der Waals surface area contributed by atoms with Crippen LogP contribution in [0.15, 0.2) is 18.3 Å². The molecule has 0 aromatic carbocycles. The van der Waals surface area contributed by atoms with E-state index in [4.69, 9.17) is 4.74 Å². The van der Waals surface area contributed by atoms with E-state index in [1.807, 2.05) is 6.92 Å². The highest BCUT2D eigenvalue weighted by Gasteiger charge is 2.09. The summed E-state index contributed by atoms with van der Waals surface area (Å²) >= 11 is 0. The predicted octanol–water partition coefficient (Wildman–Crippen LogP) is 2.42. The first kappa shape index (κ1) is 9.64. The number of carbonyl (C=O) groups is 1. The van der Waals surface area contributed by atoms with E-state index in [-0.39, 0.29) is 5.88 Å². The van der Waals surface area contributed by atoms with E-state index in [0.29, 0.717) is 6.61 Å². The maximum absolute atomic E-state index is 11.1. The van der Waals surface area contributed by atoms with Gasteiger partial charge in [0.1, 0.15) is 0 Å². The lowest BCUT2D eigenvalue weighted by Crippen LogP contribution is -2.12. The fourth-order valence-electron chi connectivity index (χ4n) is 0.889. The van der Waals surface area contributed by atoms with Gasteiger partial charge in [-0.1, -0.05) is 13.3 Å². The molecule has 0 aliphatic heterocycles. The van der Waals surface area contributed by atoms with Crippen LogP contribution in [0.3, 0.4) is 0 Å². The SMILES string of the molecule is CCCCOC(=O)n1cccc1[O]. The van der Waals surface area contributed by atoms with Crippen LogP contribution in [0.25, 0.3) is 0 Å². The monoisotopic (exact) mass is 182 g/mol. The van der Waals surface area contributed by atoms with Crippen molar-refractivity contribution in [3.63, 3.8) is 0 Å². The second-order valence-corrected chi connectivity index (χ2v) is 2.68. The van der Waals surface area contributed by atoms with Gasteiger partial charge in [0.15, 0.2) is 0 Å². The number of aromatic nitrogens is 1. The van der Waals surface area contributed by atoms with Crippen LogP contribution in [-0.2, 0) is 9.84 Å². The fourth-order valence-corrected chi connectivity index (χ4v) is 0.889. The molecule has 1 radical (unpaired) electrons. The summed E-state index contributed by atoms with van der Waals surface area (Å²) in [4.78, 5) is 11.1. The Kier molecular flexibility index (Phi) is 3.37. The molecular weight excluding hydrogens is 170 g/mol. The molecule has 0 fully saturated rings. The molecule has 1 rings (SSSR count). The van der Waals surface area contributed by atoms with Gasteiger partial charge in [-0.15, -0.1) is 0 Å². The first-order valence-electron chi connectivity index (χ1n) is 4.27. The Hall–Kier alpha value is -1.45. The Labute approximate surface area is 76.7 Å². The molecule has 0 N–H and O–H groups in total. The van der Waals surface area contributed by atoms with Gasteiger partial charge in [-0.25, -0.2) is 9.36 Å². The normalized spacial score (nSPS) is 9.92. The Bertz CT molecular complexity index is 280. The minimum Gasteiger partial charge on any atom is -0.449 e. The third kappa shape index (κ3) is 2.50. The molecule has 0 saturated carbocycles. The summed E-state index contributed by atoms with van der Waals surface area (Å²) in [7, 11) is 0. The molecule has 0 aliphatic rings. The first-order chi connectivity index (χ1) is 6.25. The maximum atomic E-state index is 11.1. The maximum Gasteiger partial charge on any atom is 0.420 e. The fraction of sp³-hybridized carbons (Fsp3) is 0.444. The Balaban J connectivity index is 2.45. The smallest absolute Gasteiger partial charge is 0.420 e. The van der Waals surface area contributed by atoms with Crippen LogP contribution in [-0.4, -0.2) is 17.3 Å². The molecule has 4 nitrogen and oxygen atoms in total. The van der Waals surface area contributed by atoms with Gasteiger partial charge in [0.05, 0.1) is 6.61 Å². The molecular formula is C9H12NO3. The van der Waals surface area contributed by atoms with Gasteiger partial charge in [-0.05, 0) is 12.5 Å². The highest BCUT2D eigenvalue weighted by molar-refractivity contribution is 5.72. The van der Waals surface area contributed by atoms with Crippen molar-refractivity contribution >= 4 is 6.09 Å². The number of hydrogen-bond donors (Lipinski definition) is 0. The Morgan fingerprint density at radius 1 is 1.62 bits per heavy atom. The summed E-state index contributed by atoms with van der Waals surface area (Å²) in [5, 5.41) is 11.0. The molecule has 0 spiro atoms. The van der Waals surface area contributed by atoms with Crippen LogP contribution in [0.2, 0.25) is 0 Å². The third-order valence-corrected chi connectivity index (χ3v) is 1.63. The number of ether oxygens (including phenoxy) is 1. The quantitative estimate of drug-likeness (QED) is 0.674. The van der Waals surface area contributed by atoms with Crippen LogP contribution < -0.4 is 0 Å². The van der Waals surface area contributed by atoms with E-state index < -0.39 is 6.09 Å². The highest BCUT2D eigenvalue weighted by Crippen LogP contribution is 2.10. The lowest BCUT2D eigenvalue weighted by atomic mass is 10.4. The van der Waals surface area contributed by atoms with Crippen molar-refractivity contribution in [2.24, 2.45) is 0 Å². The molecule has 0 bridgehead atoms. The van der Waals surface area contributed by atoms with Gasteiger partial charge in [0, 0.05) is 12.3 Å². The second-order valence-electron chi connectivity index (χ2n) is 2.68. The Morgan fingerprint density at radius 2 is 2.38 bits per heavy atom. The van der Waals surface area contributed by atoms with Crippen molar-refractivity contribution in [2.45, 2.75) is 19.8 Å². The standard InChI is InChI=1S/C9H12NO3/c1-2-3-7-13-9(12)10-6-4-5-8(10)11/h4-6H,2-3,7H2,1H3. The number of hydrogen-bond acceptors (Lipinski definition) is 2. The van der Waals surface area contributed by atoms with E-state index in [1.165, 1.54) is 18.3 Å². The summed E-state index contributed by atoms with van der Waals surface area (Å²) in [6.07, 6.45) is 2.59. The molecule has 1 aromatic heterocycles. The van der Waals surface area contributed by atoms with E-state index in [2.05, 4.69) is 0 Å². The van der Waals surface area contributed by atoms with Crippen molar-refractivity contribution in [3.05, 3.63) is 18.3 Å². The Morgan fingerprint density at radius 3 is 2.92 bits per heavy atom. The number of unbranched alkanes of at least 4 members (excludes halogenated alkanes) is 1. The van der Waals surface area contributed by atoms with Crippen molar-refractivity contribution in [1.29, 1.82) is 0 Å². The van der Waals surface area contributed by atoms with Crippen LogP contribution in [0.5, 0.6) is 5.88 Å². The molecule has 13 heavy (non-hydrogen) atoms. The van der Waals surface area contributed by atoms with E-state index in [1.54, 1.807) is 0 Å². The summed E-state index contributed by atoms with van der Waals surface area (Å²) in [6.45, 7) is 2.37. The predicted molar refractivity (Wildman–Crippen MR) is 46.2 cm³/mol. The molecule has 0 amide bonds. The second kappa shape index (κ2) is 4.54. The summed E-state index contributed by atoms with van der Waals surface area (Å²) in [5.74, 6) is -0.346. The van der Waals surface area contributed by atoms with E-state index >= 15 is 0 Å². The summed E-state index contributed by atoms with van der Waals surface area (Å²) in [6, 6.07) is 2.84. The topological polar surface area (TPSA) is 51.1 Å². The summed E-state index contributed by atoms with van der Waals surface area (Å²) in [5.41, 5.74) is 0. The first-order valence-corrected chi connectivity index (χ1v) is 4.27. The van der Waals surface area contributed by atoms with Crippen molar-refractivity contribution in [1.82, 2.24) is 4.57 Å². The zero-order valence-electron chi connectivity index (χ0n) is 7.53. The molecule has 0 aliphatic carbocycles. The van der Waals surface area contributed by atoms with Gasteiger partial charge in [0.2, 0.25) is 0 Å². The van der Waals surface area contributed by atoms with Crippen LogP contribution in [0.4, 0.5) is 4.79 Å². The largest absolute Gasteiger partial charge is 0.449 e. The van der Waals surface area contributed by atoms with Crippen LogP contribution in [0, 0.1) is 0 Å². The van der Waals surface area contributed by atoms with Crippen LogP contribution in [0.1, 0.15) is 19.8 Å². The molecule has 1 aromatic rings. The van der Waals surface area contributed by atoms with Crippen molar-refractivity contribution in [2.75, 3.05) is 6.61 Å². The summed E-state index contributed by atoms with van der Waals surface area (Å²) < 4.78 is 5.79. The van der Waals surface area contributed by atoms with E-state index in [0.717, 1.165) is 17.4 Å². The molecule has 1 heterocycles. The molecule has 0 unspecified atom stereocenters. The van der Waals surface area contributed by atoms with Gasteiger partial charge in [-0.2, -0.15) is 0 Å². The zero-order chi connectivity index (χ0) is 9.68. The van der Waals surface area contributed by atoms with Crippen molar-refractivity contribution < 1.29 is 14.6 Å². The lowest BCUT2D eigenvalue weighted by molar-refractivity contribution is 0.142. The number of carbonyl (C=O) groups excluding carboxylic acids is 1. The molecule has 4 heteroatoms. The average Bonchev–Trinajstić information content (AvgIpc) is 2.52. The highest BCUT2D eigenvalue weighted by atomic mass is 16.6. The molecule has 0 saturated heterocycles. The van der Waals surface area contributed by atoms with Crippen molar-refractivity contribution in [3.8, 4) is 5.88 Å². The van der Waals surface area contributed by atoms with Gasteiger partial charge < -0.3 is 4.74 Å². The van der Waals surface area contributed by atoms with Gasteiger partial charge >= 0.3 is 6.09 Å². The molecule has 0 atom stereocenters. The van der Waals surface area contributed by atoms with Gasteiger partial charge in [0.25, 0.3) is 5.88 Å². The minimum atomic E-state index is -0.594. The minimum absolute atomic E-state index is 0.346. The lowest BCUT2D eigenvalue weighted by Gasteiger charge is -2.03. The number of nitrogens with zero attached hydrogens (tertiary/aromatic N) is 1. The third-order valence-electron chi connectivity index (χ3n) is 1.63. The molecule has 71 valence electrons. The van der Waals surface area contributed by atoms with E-state index in [9.17, 15) is 9.90 Å². The van der Waals surface area contributed by atoms with Gasteiger partial charge in [-0.3, -0.25) is 5.11 Å². The van der Waals surface area contributed by atoms with Crippen LogP contribution >= 0.6 is 0 Å². The average molecular weight is 182 g/mol.